The maximum absolute atomic E-state index is 13.2. The van der Waals surface area contributed by atoms with Crippen molar-refractivity contribution in [3.8, 4) is 0 Å². The maximum Gasteiger partial charge on any atom is 0.233 e. The van der Waals surface area contributed by atoms with Crippen LogP contribution in [0.15, 0.2) is 12.2 Å². The molecule has 2 heterocycles. The van der Waals surface area contributed by atoms with Crippen LogP contribution in [0, 0.1) is 47.3 Å². The molecule has 0 radical (unpaired) electrons. The van der Waals surface area contributed by atoms with E-state index in [-0.39, 0.29) is 71.0 Å². The summed E-state index contributed by atoms with van der Waals surface area (Å²) >= 11 is 0. The van der Waals surface area contributed by atoms with Crippen LogP contribution in [0.25, 0.3) is 0 Å². The molecule has 2 aliphatic heterocycles. The van der Waals surface area contributed by atoms with E-state index in [2.05, 4.69) is 12.2 Å². The minimum Gasteiger partial charge on any atom is -0.308 e. The average Bonchev–Trinajstić information content (AvgIpc) is 3.03. The summed E-state index contributed by atoms with van der Waals surface area (Å²) < 4.78 is 0. The summed E-state index contributed by atoms with van der Waals surface area (Å²) in [5.41, 5.74) is 0. The molecule has 4 aliphatic carbocycles. The number of fused-ring (bicyclic) bond motifs is 1. The molecule has 8 atom stereocenters. The van der Waals surface area contributed by atoms with Gasteiger partial charge in [-0.05, 0) is 51.9 Å². The molecule has 0 N–H and O–H groups in total. The van der Waals surface area contributed by atoms with Gasteiger partial charge in [0.1, 0.15) is 0 Å². The van der Waals surface area contributed by atoms with E-state index in [0.29, 0.717) is 26.2 Å². The van der Waals surface area contributed by atoms with Crippen LogP contribution in [0.4, 0.5) is 0 Å². The van der Waals surface area contributed by atoms with E-state index in [4.69, 9.17) is 0 Å². The standard InChI is InChI=1S/C22H30N4O4/c1-23(2)7-9-25-19(27)15-11-5-6-12(16(15)20(25)28)14-13(11)17-18(14)22(30)26(21(17)29)10-8-24(3)4/h5-6,11-18H,7-10H2,1-4H3/t11-,12+,13-,14-,15+,16-,17+,18-/m0/s1. The third kappa shape index (κ3) is 2.46. The lowest BCUT2D eigenvalue weighted by Crippen LogP contribution is -2.63. The molecule has 6 aliphatic rings. The number of carbonyl (C=O) groups is 4. The molecule has 162 valence electrons. The second kappa shape index (κ2) is 6.72. The van der Waals surface area contributed by atoms with Crippen molar-refractivity contribution in [2.24, 2.45) is 47.3 Å². The first-order chi connectivity index (χ1) is 14.2. The van der Waals surface area contributed by atoms with Crippen molar-refractivity contribution in [1.82, 2.24) is 19.6 Å². The number of imide groups is 2. The lowest BCUT2D eigenvalue weighted by Gasteiger charge is -2.60. The van der Waals surface area contributed by atoms with Crippen LogP contribution < -0.4 is 0 Å². The van der Waals surface area contributed by atoms with Crippen LogP contribution in [-0.4, -0.2) is 97.6 Å². The third-order valence-electron chi connectivity index (χ3n) is 8.07. The number of carbonyl (C=O) groups excluding carboxylic acids is 4. The molecular formula is C22H30N4O4. The first kappa shape index (κ1) is 19.9. The van der Waals surface area contributed by atoms with Gasteiger partial charge in [0, 0.05) is 26.2 Å². The van der Waals surface area contributed by atoms with Gasteiger partial charge in [0.25, 0.3) is 0 Å². The Morgan fingerprint density at radius 1 is 0.633 bits per heavy atom. The molecule has 0 unspecified atom stereocenters. The molecule has 8 nitrogen and oxygen atoms in total. The van der Waals surface area contributed by atoms with Gasteiger partial charge in [-0.25, -0.2) is 0 Å². The molecule has 0 aromatic rings. The van der Waals surface area contributed by atoms with E-state index in [1.165, 1.54) is 9.80 Å². The van der Waals surface area contributed by atoms with Gasteiger partial charge in [-0.3, -0.25) is 29.0 Å². The molecule has 8 heteroatoms. The highest BCUT2D eigenvalue weighted by molar-refractivity contribution is 6.09. The smallest absolute Gasteiger partial charge is 0.233 e. The Labute approximate surface area is 176 Å². The summed E-state index contributed by atoms with van der Waals surface area (Å²) in [5, 5.41) is 0. The van der Waals surface area contributed by atoms with E-state index in [0.717, 1.165) is 0 Å². The fourth-order valence-corrected chi connectivity index (χ4v) is 6.77. The van der Waals surface area contributed by atoms with Crippen molar-refractivity contribution in [3.05, 3.63) is 12.2 Å². The Morgan fingerprint density at radius 2 is 0.967 bits per heavy atom. The van der Waals surface area contributed by atoms with Crippen LogP contribution in [0.3, 0.4) is 0 Å². The van der Waals surface area contributed by atoms with E-state index >= 15 is 0 Å². The predicted molar refractivity (Wildman–Crippen MR) is 108 cm³/mol. The second-order valence-corrected chi connectivity index (χ2v) is 10.1. The SMILES string of the molecule is CN(C)CCN1C(=O)[C@@H]2[C@H]3C=C[C@@H]([C@@H]2C1=O)[C@@H]1[C@@H]2C(=O)N(CCN(C)C)C(=O)[C@@H]2[C@@H]31. The van der Waals surface area contributed by atoms with Gasteiger partial charge >= 0.3 is 0 Å². The maximum atomic E-state index is 13.2. The van der Waals surface area contributed by atoms with E-state index < -0.39 is 0 Å². The van der Waals surface area contributed by atoms with Crippen molar-refractivity contribution in [2.45, 2.75) is 0 Å². The highest BCUT2D eigenvalue weighted by Gasteiger charge is 2.74. The molecule has 6 rings (SSSR count). The zero-order valence-electron chi connectivity index (χ0n) is 18.0. The number of likely N-dealkylation sites (tertiary alicyclic amines) is 2. The first-order valence-corrected chi connectivity index (χ1v) is 10.9. The fourth-order valence-electron chi connectivity index (χ4n) is 6.77. The Morgan fingerprint density at radius 3 is 1.30 bits per heavy atom. The summed E-state index contributed by atoms with van der Waals surface area (Å²) in [4.78, 5) is 59.4. The largest absolute Gasteiger partial charge is 0.308 e. The quantitative estimate of drug-likeness (QED) is 0.425. The molecule has 0 aromatic heterocycles. The number of nitrogens with zero attached hydrogens (tertiary/aromatic N) is 4. The minimum absolute atomic E-state index is 0.0117. The Bertz CT molecular complexity index is 796. The topological polar surface area (TPSA) is 81.2 Å². The molecule has 30 heavy (non-hydrogen) atoms. The van der Waals surface area contributed by atoms with Crippen molar-refractivity contribution in [1.29, 1.82) is 0 Å². The fraction of sp³-hybridized carbons (Fsp3) is 0.727. The van der Waals surface area contributed by atoms with Crippen LogP contribution >= 0.6 is 0 Å². The number of hydrogen-bond acceptors (Lipinski definition) is 6. The van der Waals surface area contributed by atoms with Crippen molar-refractivity contribution in [2.75, 3.05) is 54.4 Å². The second-order valence-electron chi connectivity index (χ2n) is 10.1. The highest BCUT2D eigenvalue weighted by atomic mass is 16.2. The van der Waals surface area contributed by atoms with E-state index in [1.807, 2.05) is 38.0 Å². The summed E-state index contributed by atoms with van der Waals surface area (Å²) in [6.07, 6.45) is 4.12. The van der Waals surface area contributed by atoms with E-state index in [9.17, 15) is 19.2 Å². The number of allylic oxidation sites excluding steroid dienone is 2. The molecule has 0 spiro atoms. The number of hydrogen-bond donors (Lipinski definition) is 0. The Balaban J connectivity index is 1.41. The van der Waals surface area contributed by atoms with Gasteiger partial charge in [-0.15, -0.1) is 0 Å². The van der Waals surface area contributed by atoms with Crippen molar-refractivity contribution >= 4 is 23.6 Å². The molecule has 2 saturated heterocycles. The molecule has 0 aromatic carbocycles. The van der Waals surface area contributed by atoms with Gasteiger partial charge < -0.3 is 9.80 Å². The third-order valence-corrected chi connectivity index (χ3v) is 8.07. The summed E-state index contributed by atoms with van der Waals surface area (Å²) in [6.45, 7) is 2.08. The van der Waals surface area contributed by atoms with Gasteiger partial charge in [-0.1, -0.05) is 12.2 Å². The molecule has 2 bridgehead atoms. The molecule has 2 saturated carbocycles. The van der Waals surface area contributed by atoms with Crippen molar-refractivity contribution < 1.29 is 19.2 Å². The Hall–Kier alpha value is -2.06. The van der Waals surface area contributed by atoms with E-state index in [1.54, 1.807) is 0 Å². The van der Waals surface area contributed by atoms with Gasteiger partial charge in [0.15, 0.2) is 0 Å². The van der Waals surface area contributed by atoms with Gasteiger partial charge in [-0.2, -0.15) is 0 Å². The predicted octanol–water partition coefficient (Wildman–Crippen LogP) is -0.626. The monoisotopic (exact) mass is 414 g/mol. The Kier molecular flexibility index (Phi) is 4.45. The summed E-state index contributed by atoms with van der Waals surface area (Å²) in [7, 11) is 7.68. The number of amides is 4. The lowest BCUT2D eigenvalue weighted by atomic mass is 9.40. The highest BCUT2D eigenvalue weighted by Crippen LogP contribution is 2.68. The van der Waals surface area contributed by atoms with Crippen LogP contribution in [-0.2, 0) is 19.2 Å². The number of likely N-dealkylation sites (N-methyl/N-ethyl adjacent to an activating group) is 2. The number of rotatable bonds is 6. The zero-order chi connectivity index (χ0) is 21.5. The summed E-state index contributed by atoms with van der Waals surface area (Å²) in [5.74, 6) is -1.90. The normalized spacial score (nSPS) is 41.1. The molecule has 4 fully saturated rings. The van der Waals surface area contributed by atoms with Crippen LogP contribution in [0.1, 0.15) is 0 Å². The van der Waals surface area contributed by atoms with Crippen LogP contribution in [0.5, 0.6) is 0 Å². The average molecular weight is 415 g/mol. The zero-order valence-corrected chi connectivity index (χ0v) is 18.0. The van der Waals surface area contributed by atoms with Gasteiger partial charge in [0.05, 0.1) is 23.7 Å². The van der Waals surface area contributed by atoms with Crippen LogP contribution in [0.2, 0.25) is 0 Å². The minimum atomic E-state index is -0.365. The van der Waals surface area contributed by atoms with Crippen molar-refractivity contribution in [3.63, 3.8) is 0 Å². The van der Waals surface area contributed by atoms with Gasteiger partial charge in [0.2, 0.25) is 23.6 Å². The molecule has 4 amide bonds. The lowest BCUT2D eigenvalue weighted by molar-refractivity contribution is -0.166. The first-order valence-electron chi connectivity index (χ1n) is 10.9. The summed E-state index contributed by atoms with van der Waals surface area (Å²) in [6, 6.07) is 0. The molecular weight excluding hydrogens is 384 g/mol.